The number of hydrogen-bond donors (Lipinski definition) is 2. The molecular weight excluding hydrogens is 182 g/mol. The van der Waals surface area contributed by atoms with Crippen LogP contribution in [0.2, 0.25) is 0 Å². The number of aliphatic hydroxyl groups excluding tert-OH is 1. The first-order valence-corrected chi connectivity index (χ1v) is 4.01. The molecule has 6 heteroatoms. The zero-order valence-corrected chi connectivity index (χ0v) is 7.43. The van der Waals surface area contributed by atoms with E-state index in [9.17, 15) is 0 Å². The second-order valence-corrected chi connectivity index (χ2v) is 2.62. The van der Waals surface area contributed by atoms with E-state index in [0.29, 0.717) is 13.0 Å². The maximum atomic E-state index is 8.76. The van der Waals surface area contributed by atoms with Gasteiger partial charge in [-0.1, -0.05) is 0 Å². The number of hydrogen-bond acceptors (Lipinski definition) is 5. The van der Waals surface area contributed by atoms with Crippen LogP contribution in [-0.2, 0) is 6.54 Å². The Morgan fingerprint density at radius 1 is 1.43 bits per heavy atom. The van der Waals surface area contributed by atoms with Gasteiger partial charge in [0.25, 0.3) is 0 Å². The summed E-state index contributed by atoms with van der Waals surface area (Å²) in [6.07, 6.45) is 0.472. The minimum absolute atomic E-state index is 0.00434. The van der Waals surface area contributed by atoms with E-state index in [1.54, 1.807) is 6.07 Å². The Morgan fingerprint density at radius 2 is 2.14 bits per heavy atom. The zero-order valence-electron chi connectivity index (χ0n) is 7.43. The first-order valence-electron chi connectivity index (χ1n) is 4.01. The Balaban J connectivity index is 3.09. The summed E-state index contributed by atoms with van der Waals surface area (Å²) < 4.78 is 1.43. The molecule has 0 aromatic carbocycles. The van der Waals surface area contributed by atoms with Crippen LogP contribution in [0.3, 0.4) is 0 Å². The minimum Gasteiger partial charge on any atom is -0.396 e. The third-order valence-corrected chi connectivity index (χ3v) is 1.75. The smallest absolute Gasteiger partial charge is 0.202 e. The van der Waals surface area contributed by atoms with Crippen molar-refractivity contribution in [1.82, 2.24) is 9.55 Å². The van der Waals surface area contributed by atoms with Crippen molar-refractivity contribution < 1.29 is 5.11 Å². The Bertz CT molecular complexity index is 409. The number of nitrogens with zero attached hydrogens (tertiary/aromatic N) is 4. The highest BCUT2D eigenvalue weighted by Crippen LogP contribution is 2.12. The number of aromatic nitrogens is 2. The van der Waals surface area contributed by atoms with Crippen LogP contribution in [0.25, 0.3) is 0 Å². The SMILES string of the molecule is N#Cc1nc(N)n(CCCO)c1C#N. The molecule has 0 spiro atoms. The van der Waals surface area contributed by atoms with Crippen molar-refractivity contribution in [3.8, 4) is 12.1 Å². The molecular formula is C8H9N5O. The van der Waals surface area contributed by atoms with Crippen LogP contribution in [0.4, 0.5) is 5.95 Å². The molecule has 0 atom stereocenters. The van der Waals surface area contributed by atoms with Crippen molar-refractivity contribution in [3.05, 3.63) is 11.4 Å². The molecule has 1 rings (SSSR count). The predicted octanol–water partition coefficient (Wildman–Crippen LogP) is -0.409. The predicted molar refractivity (Wildman–Crippen MR) is 47.8 cm³/mol. The van der Waals surface area contributed by atoms with Crippen LogP contribution in [0.1, 0.15) is 17.8 Å². The van der Waals surface area contributed by atoms with E-state index in [2.05, 4.69) is 4.98 Å². The van der Waals surface area contributed by atoms with Crippen LogP contribution in [-0.4, -0.2) is 21.3 Å². The molecule has 0 aliphatic carbocycles. The summed E-state index contributed by atoms with van der Waals surface area (Å²) in [5.41, 5.74) is 5.68. The third-order valence-electron chi connectivity index (χ3n) is 1.75. The first kappa shape index (κ1) is 10.0. The lowest BCUT2D eigenvalue weighted by atomic mass is 10.3. The standard InChI is InChI=1S/C8H9N5O/c9-4-6-7(5-10)13(2-1-3-14)8(11)12-6/h14H,1-3H2,(H2,11,12). The lowest BCUT2D eigenvalue weighted by Gasteiger charge is -2.03. The van der Waals surface area contributed by atoms with Crippen molar-refractivity contribution >= 4 is 5.95 Å². The van der Waals surface area contributed by atoms with Gasteiger partial charge in [0.2, 0.25) is 5.95 Å². The van der Waals surface area contributed by atoms with Gasteiger partial charge < -0.3 is 15.4 Å². The molecule has 0 amide bonds. The topological polar surface area (TPSA) is 112 Å². The van der Waals surface area contributed by atoms with Gasteiger partial charge in [0, 0.05) is 13.2 Å². The summed E-state index contributed by atoms with van der Waals surface area (Å²) in [4.78, 5) is 3.73. The maximum absolute atomic E-state index is 8.76. The highest BCUT2D eigenvalue weighted by atomic mass is 16.3. The van der Waals surface area contributed by atoms with E-state index in [-0.39, 0.29) is 23.9 Å². The molecule has 0 unspecified atom stereocenters. The highest BCUT2D eigenvalue weighted by Gasteiger charge is 2.13. The molecule has 1 aromatic rings. The number of nitrogen functional groups attached to an aromatic ring is 1. The Morgan fingerprint density at radius 3 is 2.64 bits per heavy atom. The van der Waals surface area contributed by atoms with Crippen LogP contribution in [0, 0.1) is 22.7 Å². The molecule has 0 saturated carbocycles. The zero-order chi connectivity index (χ0) is 10.6. The van der Waals surface area contributed by atoms with Crippen molar-refractivity contribution in [2.24, 2.45) is 0 Å². The van der Waals surface area contributed by atoms with Crippen molar-refractivity contribution in [3.63, 3.8) is 0 Å². The first-order chi connectivity index (χ1) is 6.74. The van der Waals surface area contributed by atoms with Gasteiger partial charge in [0.05, 0.1) is 0 Å². The summed E-state index contributed by atoms with van der Waals surface area (Å²) in [6.45, 7) is 0.393. The Labute approximate surface area is 80.8 Å². The minimum atomic E-state index is 0.00434. The number of aliphatic hydroxyl groups is 1. The van der Waals surface area contributed by atoms with Gasteiger partial charge in [-0.25, -0.2) is 4.98 Å². The monoisotopic (exact) mass is 191 g/mol. The van der Waals surface area contributed by atoms with E-state index in [4.69, 9.17) is 21.4 Å². The number of rotatable bonds is 3. The lowest BCUT2D eigenvalue weighted by Crippen LogP contribution is -2.06. The molecule has 0 radical (unpaired) electrons. The second kappa shape index (κ2) is 4.26. The van der Waals surface area contributed by atoms with Gasteiger partial charge in [-0.3, -0.25) is 0 Å². The molecule has 6 nitrogen and oxygen atoms in total. The average molecular weight is 191 g/mol. The quantitative estimate of drug-likeness (QED) is 0.674. The lowest BCUT2D eigenvalue weighted by molar-refractivity contribution is 0.280. The van der Waals surface area contributed by atoms with Gasteiger partial charge in [0.1, 0.15) is 12.1 Å². The summed E-state index contributed by atoms with van der Waals surface area (Å²) >= 11 is 0. The number of nitrogens with two attached hydrogens (primary N) is 1. The highest BCUT2D eigenvalue weighted by molar-refractivity contribution is 5.43. The fourth-order valence-electron chi connectivity index (χ4n) is 1.12. The Hall–Kier alpha value is -2.05. The van der Waals surface area contributed by atoms with E-state index >= 15 is 0 Å². The number of nitriles is 2. The summed E-state index contributed by atoms with van der Waals surface area (Å²) in [6, 6.07) is 3.65. The molecule has 0 aliphatic heterocycles. The largest absolute Gasteiger partial charge is 0.396 e. The van der Waals surface area contributed by atoms with Crippen molar-refractivity contribution in [1.29, 1.82) is 10.5 Å². The van der Waals surface area contributed by atoms with Gasteiger partial charge in [0.15, 0.2) is 11.4 Å². The fourth-order valence-corrected chi connectivity index (χ4v) is 1.12. The molecule has 1 aromatic heterocycles. The average Bonchev–Trinajstić information content (AvgIpc) is 2.51. The molecule has 0 fully saturated rings. The van der Waals surface area contributed by atoms with Gasteiger partial charge in [-0.15, -0.1) is 0 Å². The van der Waals surface area contributed by atoms with E-state index < -0.39 is 0 Å². The molecule has 0 saturated heterocycles. The van der Waals surface area contributed by atoms with Crippen molar-refractivity contribution in [2.45, 2.75) is 13.0 Å². The maximum Gasteiger partial charge on any atom is 0.202 e. The molecule has 1 heterocycles. The second-order valence-electron chi connectivity index (χ2n) is 2.62. The van der Waals surface area contributed by atoms with Gasteiger partial charge in [-0.05, 0) is 6.42 Å². The van der Waals surface area contributed by atoms with Crippen LogP contribution >= 0.6 is 0 Å². The van der Waals surface area contributed by atoms with Gasteiger partial charge >= 0.3 is 0 Å². The molecule has 14 heavy (non-hydrogen) atoms. The molecule has 0 aliphatic rings. The van der Waals surface area contributed by atoms with Gasteiger partial charge in [-0.2, -0.15) is 10.5 Å². The summed E-state index contributed by atoms with van der Waals surface area (Å²) in [7, 11) is 0. The van der Waals surface area contributed by atoms with Crippen LogP contribution in [0.5, 0.6) is 0 Å². The summed E-state index contributed by atoms with van der Waals surface area (Å²) in [5, 5.41) is 26.0. The van der Waals surface area contributed by atoms with Crippen molar-refractivity contribution in [2.75, 3.05) is 12.3 Å². The number of imidazole rings is 1. The molecule has 3 N–H and O–H groups in total. The summed E-state index contributed by atoms with van der Waals surface area (Å²) in [5.74, 6) is 0.131. The van der Waals surface area contributed by atoms with E-state index in [1.807, 2.05) is 6.07 Å². The van der Waals surface area contributed by atoms with Crippen LogP contribution in [0.15, 0.2) is 0 Å². The number of anilines is 1. The van der Waals surface area contributed by atoms with E-state index in [1.165, 1.54) is 4.57 Å². The Kier molecular flexibility index (Phi) is 3.05. The van der Waals surface area contributed by atoms with E-state index in [0.717, 1.165) is 0 Å². The molecule has 72 valence electrons. The molecule has 0 bridgehead atoms. The third kappa shape index (κ3) is 1.65. The fraction of sp³-hybridized carbons (Fsp3) is 0.375. The normalized spacial score (nSPS) is 9.36. The van der Waals surface area contributed by atoms with Crippen LogP contribution < -0.4 is 5.73 Å².